The maximum atomic E-state index is 10.5. The van der Waals surface area contributed by atoms with Gasteiger partial charge in [-0.15, -0.1) is 0 Å². The molecular weight excluding hydrogens is 244 g/mol. The van der Waals surface area contributed by atoms with Gasteiger partial charge in [0.1, 0.15) is 5.52 Å². The van der Waals surface area contributed by atoms with Crippen molar-refractivity contribution in [2.75, 3.05) is 13.6 Å². The minimum Gasteiger partial charge on any atom is -0.481 e. The molecule has 0 atom stereocenters. The van der Waals surface area contributed by atoms with Crippen LogP contribution in [-0.4, -0.2) is 34.6 Å². The normalized spacial score (nSPS) is 11.3. The Labute approximate surface area is 111 Å². The molecule has 0 amide bonds. The number of benzene rings is 1. The molecule has 1 heterocycles. The second kappa shape index (κ2) is 5.84. The van der Waals surface area contributed by atoms with Crippen molar-refractivity contribution in [3.63, 3.8) is 0 Å². The Kier molecular flexibility index (Phi) is 4.16. The Morgan fingerprint density at radius 2 is 2.26 bits per heavy atom. The number of rotatable bonds is 6. The first-order chi connectivity index (χ1) is 9.04. The molecule has 5 nitrogen and oxygen atoms in total. The van der Waals surface area contributed by atoms with Gasteiger partial charge in [0.25, 0.3) is 0 Å². The molecule has 0 aliphatic carbocycles. The first-order valence-corrected chi connectivity index (χ1v) is 6.31. The van der Waals surface area contributed by atoms with Crippen LogP contribution in [0.15, 0.2) is 22.6 Å². The minimum atomic E-state index is -0.744. The summed E-state index contributed by atoms with van der Waals surface area (Å²) in [5.41, 5.74) is 2.81. The molecule has 0 saturated heterocycles. The summed E-state index contributed by atoms with van der Waals surface area (Å²) in [7, 11) is 1.98. The molecule has 0 radical (unpaired) electrons. The van der Waals surface area contributed by atoms with Gasteiger partial charge >= 0.3 is 5.97 Å². The van der Waals surface area contributed by atoms with Gasteiger partial charge in [-0.2, -0.15) is 0 Å². The average Bonchev–Trinajstić information content (AvgIpc) is 2.67. The van der Waals surface area contributed by atoms with Gasteiger partial charge in [-0.3, -0.25) is 4.79 Å². The fourth-order valence-corrected chi connectivity index (χ4v) is 2.07. The van der Waals surface area contributed by atoms with Gasteiger partial charge in [-0.25, -0.2) is 4.98 Å². The molecule has 0 bridgehead atoms. The average molecular weight is 262 g/mol. The number of hydrogen-bond donors (Lipinski definition) is 1. The smallest absolute Gasteiger partial charge is 0.303 e. The molecule has 102 valence electrons. The SMILES string of the molecule is Cc1nc2ccc(CN(C)CCCC(=O)O)cc2o1. The topological polar surface area (TPSA) is 66.6 Å². The van der Waals surface area contributed by atoms with E-state index >= 15 is 0 Å². The van der Waals surface area contributed by atoms with E-state index in [9.17, 15) is 4.79 Å². The van der Waals surface area contributed by atoms with Crippen LogP contribution in [0.25, 0.3) is 11.1 Å². The Balaban J connectivity index is 1.94. The molecule has 1 N–H and O–H groups in total. The summed E-state index contributed by atoms with van der Waals surface area (Å²) in [6.45, 7) is 3.37. The monoisotopic (exact) mass is 262 g/mol. The highest BCUT2D eigenvalue weighted by Crippen LogP contribution is 2.17. The zero-order valence-electron chi connectivity index (χ0n) is 11.2. The molecule has 1 aromatic carbocycles. The van der Waals surface area contributed by atoms with Gasteiger partial charge in [0.2, 0.25) is 0 Å². The third kappa shape index (κ3) is 3.79. The molecule has 0 fully saturated rings. The van der Waals surface area contributed by atoms with Crippen LogP contribution in [0, 0.1) is 6.92 Å². The molecule has 2 aromatic rings. The van der Waals surface area contributed by atoms with Crippen LogP contribution in [-0.2, 0) is 11.3 Å². The van der Waals surface area contributed by atoms with Crippen LogP contribution in [0.5, 0.6) is 0 Å². The summed E-state index contributed by atoms with van der Waals surface area (Å²) < 4.78 is 5.50. The van der Waals surface area contributed by atoms with Crippen LogP contribution >= 0.6 is 0 Å². The predicted molar refractivity (Wildman–Crippen MR) is 71.9 cm³/mol. The standard InChI is InChI=1S/C14H18N2O3/c1-10-15-12-6-5-11(8-13(12)19-10)9-16(2)7-3-4-14(17)18/h5-6,8H,3-4,7,9H2,1-2H3,(H,17,18). The lowest BCUT2D eigenvalue weighted by Gasteiger charge is -2.15. The lowest BCUT2D eigenvalue weighted by molar-refractivity contribution is -0.137. The van der Waals surface area contributed by atoms with Crippen molar-refractivity contribution < 1.29 is 14.3 Å². The number of fused-ring (bicyclic) bond motifs is 1. The van der Waals surface area contributed by atoms with Crippen LogP contribution in [0.2, 0.25) is 0 Å². The summed E-state index contributed by atoms with van der Waals surface area (Å²) in [4.78, 5) is 16.8. The number of carboxylic acids is 1. The third-order valence-electron chi connectivity index (χ3n) is 2.94. The Bertz CT molecular complexity index is 577. The number of carboxylic acid groups (broad SMARTS) is 1. The quantitative estimate of drug-likeness (QED) is 0.866. The van der Waals surface area contributed by atoms with Crippen molar-refractivity contribution in [2.24, 2.45) is 0 Å². The second-order valence-electron chi connectivity index (χ2n) is 4.77. The van der Waals surface area contributed by atoms with Gasteiger partial charge in [0.15, 0.2) is 11.5 Å². The van der Waals surface area contributed by atoms with Crippen LogP contribution in [0.1, 0.15) is 24.3 Å². The Morgan fingerprint density at radius 3 is 3.00 bits per heavy atom. The number of aliphatic carboxylic acids is 1. The van der Waals surface area contributed by atoms with E-state index in [1.165, 1.54) is 0 Å². The summed E-state index contributed by atoms with van der Waals surface area (Å²) in [5, 5.41) is 8.60. The summed E-state index contributed by atoms with van der Waals surface area (Å²) in [5.74, 6) is -0.0751. The highest BCUT2D eigenvalue weighted by atomic mass is 16.4. The molecular formula is C14H18N2O3. The van der Waals surface area contributed by atoms with Crippen molar-refractivity contribution in [2.45, 2.75) is 26.3 Å². The van der Waals surface area contributed by atoms with E-state index in [2.05, 4.69) is 9.88 Å². The van der Waals surface area contributed by atoms with Crippen LogP contribution < -0.4 is 0 Å². The Morgan fingerprint density at radius 1 is 1.47 bits per heavy atom. The maximum absolute atomic E-state index is 10.5. The van der Waals surface area contributed by atoms with Crippen molar-refractivity contribution in [1.29, 1.82) is 0 Å². The largest absolute Gasteiger partial charge is 0.481 e. The first kappa shape index (κ1) is 13.5. The zero-order chi connectivity index (χ0) is 13.8. The van der Waals surface area contributed by atoms with Gasteiger partial charge in [-0.1, -0.05) is 6.07 Å². The molecule has 0 spiro atoms. The highest BCUT2D eigenvalue weighted by molar-refractivity contribution is 5.73. The summed E-state index contributed by atoms with van der Waals surface area (Å²) >= 11 is 0. The first-order valence-electron chi connectivity index (χ1n) is 6.31. The van der Waals surface area contributed by atoms with Crippen molar-refractivity contribution in [3.05, 3.63) is 29.7 Å². The molecule has 0 aliphatic heterocycles. The number of aryl methyl sites for hydroxylation is 1. The van der Waals surface area contributed by atoms with E-state index < -0.39 is 5.97 Å². The predicted octanol–water partition coefficient (Wildman–Crippen LogP) is 2.43. The number of carbonyl (C=O) groups is 1. The van der Waals surface area contributed by atoms with E-state index in [4.69, 9.17) is 9.52 Å². The third-order valence-corrected chi connectivity index (χ3v) is 2.94. The Hall–Kier alpha value is -1.88. The van der Waals surface area contributed by atoms with Crippen molar-refractivity contribution >= 4 is 17.1 Å². The summed E-state index contributed by atoms with van der Waals surface area (Å²) in [6.07, 6.45) is 0.875. The molecule has 0 aliphatic rings. The van der Waals surface area contributed by atoms with Crippen molar-refractivity contribution in [3.8, 4) is 0 Å². The van der Waals surface area contributed by atoms with E-state index in [1.807, 2.05) is 32.2 Å². The number of aromatic nitrogens is 1. The van der Waals surface area contributed by atoms with Gasteiger partial charge in [0, 0.05) is 19.9 Å². The maximum Gasteiger partial charge on any atom is 0.303 e. The number of nitrogens with zero attached hydrogens (tertiary/aromatic N) is 2. The molecule has 5 heteroatoms. The number of oxazole rings is 1. The molecule has 2 rings (SSSR count). The molecule has 0 unspecified atom stereocenters. The molecule has 19 heavy (non-hydrogen) atoms. The van der Waals surface area contributed by atoms with E-state index in [0.29, 0.717) is 12.3 Å². The fourth-order valence-electron chi connectivity index (χ4n) is 2.07. The van der Waals surface area contributed by atoms with Gasteiger partial charge in [0.05, 0.1) is 0 Å². The minimum absolute atomic E-state index is 0.213. The van der Waals surface area contributed by atoms with Crippen molar-refractivity contribution in [1.82, 2.24) is 9.88 Å². The second-order valence-corrected chi connectivity index (χ2v) is 4.77. The lowest BCUT2D eigenvalue weighted by atomic mass is 10.2. The van der Waals surface area contributed by atoms with Crippen LogP contribution in [0.3, 0.4) is 0 Å². The molecule has 0 saturated carbocycles. The van der Waals surface area contributed by atoms with E-state index in [0.717, 1.165) is 29.8 Å². The number of hydrogen-bond acceptors (Lipinski definition) is 4. The van der Waals surface area contributed by atoms with Gasteiger partial charge < -0.3 is 14.4 Å². The van der Waals surface area contributed by atoms with Crippen LogP contribution in [0.4, 0.5) is 0 Å². The lowest BCUT2D eigenvalue weighted by Crippen LogP contribution is -2.19. The fraction of sp³-hybridized carbons (Fsp3) is 0.429. The zero-order valence-corrected chi connectivity index (χ0v) is 11.2. The van der Waals surface area contributed by atoms with E-state index in [-0.39, 0.29) is 6.42 Å². The molecule has 1 aromatic heterocycles. The highest BCUT2D eigenvalue weighted by Gasteiger charge is 2.06. The van der Waals surface area contributed by atoms with Gasteiger partial charge in [-0.05, 0) is 37.7 Å². The van der Waals surface area contributed by atoms with E-state index in [1.54, 1.807) is 0 Å². The summed E-state index contributed by atoms with van der Waals surface area (Å²) in [6, 6.07) is 5.97.